The normalized spacial score (nSPS) is 12.2. The number of hydrogen-bond acceptors (Lipinski definition) is 1. The lowest BCUT2D eigenvalue weighted by molar-refractivity contribution is 0.371. The van der Waals surface area contributed by atoms with Gasteiger partial charge in [-0.15, -0.1) is 6.58 Å². The summed E-state index contributed by atoms with van der Waals surface area (Å²) in [5.41, 5.74) is 1.36. The molecule has 0 aromatic carbocycles. The Hall–Kier alpha value is -0.0831. The topological polar surface area (TPSA) is 3.24 Å². The molecule has 0 unspecified atom stereocenters. The van der Waals surface area contributed by atoms with Gasteiger partial charge in [0.2, 0.25) is 0 Å². The first kappa shape index (κ1) is 12.9. The first-order valence-corrected chi connectivity index (χ1v) is 8.62. The molecule has 0 aromatic rings. The van der Waals surface area contributed by atoms with Gasteiger partial charge in [-0.3, -0.25) is 0 Å². The van der Waals surface area contributed by atoms with E-state index in [0.29, 0.717) is 0 Å². The van der Waals surface area contributed by atoms with Crippen molar-refractivity contribution in [2.45, 2.75) is 39.0 Å². The van der Waals surface area contributed by atoms with Crippen molar-refractivity contribution in [3.8, 4) is 0 Å². The van der Waals surface area contributed by atoms with Crippen molar-refractivity contribution in [2.75, 3.05) is 20.1 Å². The molecule has 0 heterocycles. The second-order valence-corrected chi connectivity index (χ2v) is 10.1. The first-order valence-electron chi connectivity index (χ1n) is 5.20. The molecular weight excluding hydrogens is 174 g/mol. The van der Waals surface area contributed by atoms with Crippen LogP contribution in [0.2, 0.25) is 25.2 Å². The molecule has 0 radical (unpaired) electrons. The summed E-state index contributed by atoms with van der Waals surface area (Å²) in [5, 5.41) is 0. The predicted molar refractivity (Wildman–Crippen MR) is 65.1 cm³/mol. The second kappa shape index (κ2) is 5.61. The van der Waals surface area contributed by atoms with Gasteiger partial charge in [0.15, 0.2) is 0 Å². The van der Waals surface area contributed by atoms with Crippen LogP contribution >= 0.6 is 0 Å². The highest BCUT2D eigenvalue weighted by atomic mass is 28.3. The van der Waals surface area contributed by atoms with E-state index in [1.165, 1.54) is 24.2 Å². The van der Waals surface area contributed by atoms with Crippen LogP contribution in [0, 0.1) is 0 Å². The predicted octanol–water partition coefficient (Wildman–Crippen LogP) is 3.22. The molecule has 0 aliphatic heterocycles. The van der Waals surface area contributed by atoms with E-state index in [-0.39, 0.29) is 0 Å². The van der Waals surface area contributed by atoms with Crippen LogP contribution in [0.4, 0.5) is 0 Å². The molecule has 78 valence electrons. The van der Waals surface area contributed by atoms with Crippen molar-refractivity contribution >= 4 is 8.07 Å². The van der Waals surface area contributed by atoms with Gasteiger partial charge < -0.3 is 4.90 Å². The first-order chi connectivity index (χ1) is 5.87. The maximum atomic E-state index is 4.01. The van der Waals surface area contributed by atoms with Crippen LogP contribution < -0.4 is 0 Å². The molecule has 0 rings (SSSR count). The molecule has 0 spiro atoms. The molecule has 0 saturated carbocycles. The molecule has 0 atom stereocenters. The second-order valence-electron chi connectivity index (χ2n) is 4.94. The van der Waals surface area contributed by atoms with Crippen LogP contribution in [0.3, 0.4) is 0 Å². The van der Waals surface area contributed by atoms with Crippen LogP contribution in [0.25, 0.3) is 0 Å². The van der Waals surface area contributed by atoms with E-state index in [0.717, 1.165) is 6.54 Å². The SMILES string of the molecule is C=C(C)C[Si](C)(C)CCN(C)CC. The van der Waals surface area contributed by atoms with Crippen LogP contribution in [0.15, 0.2) is 12.2 Å². The van der Waals surface area contributed by atoms with Gasteiger partial charge in [-0.2, -0.15) is 0 Å². The molecule has 0 saturated heterocycles. The zero-order valence-corrected chi connectivity index (χ0v) is 11.0. The van der Waals surface area contributed by atoms with E-state index in [9.17, 15) is 0 Å². The van der Waals surface area contributed by atoms with Gasteiger partial charge >= 0.3 is 0 Å². The van der Waals surface area contributed by atoms with Crippen molar-refractivity contribution in [1.29, 1.82) is 0 Å². The highest BCUT2D eigenvalue weighted by Crippen LogP contribution is 2.19. The van der Waals surface area contributed by atoms with Gasteiger partial charge in [0.05, 0.1) is 8.07 Å². The van der Waals surface area contributed by atoms with Crippen molar-refractivity contribution in [2.24, 2.45) is 0 Å². The fourth-order valence-electron chi connectivity index (χ4n) is 1.56. The van der Waals surface area contributed by atoms with Crippen molar-refractivity contribution in [1.82, 2.24) is 4.90 Å². The fraction of sp³-hybridized carbons (Fsp3) is 0.818. The Morgan fingerprint density at radius 1 is 1.38 bits per heavy atom. The third kappa shape index (κ3) is 7.02. The highest BCUT2D eigenvalue weighted by Gasteiger charge is 2.20. The Balaban J connectivity index is 3.81. The Bertz CT molecular complexity index is 163. The smallest absolute Gasteiger partial charge is 0.0526 e. The zero-order valence-electron chi connectivity index (χ0n) is 9.98. The van der Waals surface area contributed by atoms with E-state index in [1.807, 2.05) is 0 Å². The minimum absolute atomic E-state index is 0.987. The molecule has 1 nitrogen and oxygen atoms in total. The maximum absolute atomic E-state index is 4.01. The van der Waals surface area contributed by atoms with Crippen LogP contribution in [0.1, 0.15) is 13.8 Å². The molecule has 13 heavy (non-hydrogen) atoms. The monoisotopic (exact) mass is 199 g/mol. The molecule has 2 heteroatoms. The van der Waals surface area contributed by atoms with Crippen LogP contribution in [0.5, 0.6) is 0 Å². The summed E-state index contributed by atoms with van der Waals surface area (Å²) in [4.78, 5) is 2.40. The standard InChI is InChI=1S/C11H25NSi/c1-7-12(4)8-9-13(5,6)10-11(2)3/h2,7-10H2,1,3-6H3. The minimum Gasteiger partial charge on any atom is -0.307 e. The molecule has 0 amide bonds. The summed E-state index contributed by atoms with van der Waals surface area (Å²) in [7, 11) is 1.21. The quantitative estimate of drug-likeness (QED) is 0.469. The molecule has 0 aliphatic rings. The van der Waals surface area contributed by atoms with Crippen molar-refractivity contribution in [3.05, 3.63) is 12.2 Å². The Morgan fingerprint density at radius 2 is 1.92 bits per heavy atom. The molecular formula is C11H25NSi. The molecule has 0 aromatic heterocycles. The number of nitrogens with zero attached hydrogens (tertiary/aromatic N) is 1. The average molecular weight is 199 g/mol. The molecule has 0 bridgehead atoms. The highest BCUT2D eigenvalue weighted by molar-refractivity contribution is 6.78. The summed E-state index contributed by atoms with van der Waals surface area (Å²) >= 11 is 0. The van der Waals surface area contributed by atoms with Gasteiger partial charge in [-0.1, -0.05) is 25.6 Å². The fourth-order valence-corrected chi connectivity index (χ4v) is 4.35. The number of rotatable bonds is 6. The molecule has 0 N–H and O–H groups in total. The third-order valence-electron chi connectivity index (χ3n) is 2.49. The third-order valence-corrected chi connectivity index (χ3v) is 5.63. The van der Waals surface area contributed by atoms with Gasteiger partial charge in [0.1, 0.15) is 0 Å². The van der Waals surface area contributed by atoms with Crippen LogP contribution in [-0.4, -0.2) is 33.1 Å². The lowest BCUT2D eigenvalue weighted by atomic mass is 10.4. The lowest BCUT2D eigenvalue weighted by Gasteiger charge is -2.25. The van der Waals surface area contributed by atoms with Crippen LogP contribution in [-0.2, 0) is 0 Å². The van der Waals surface area contributed by atoms with Gasteiger partial charge in [0, 0.05) is 0 Å². The Kier molecular flexibility index (Phi) is 5.57. The van der Waals surface area contributed by atoms with Gasteiger partial charge in [-0.05, 0) is 39.1 Å². The summed E-state index contributed by atoms with van der Waals surface area (Å²) in [6.07, 6.45) is 0. The Morgan fingerprint density at radius 3 is 2.31 bits per heavy atom. The van der Waals surface area contributed by atoms with E-state index >= 15 is 0 Å². The largest absolute Gasteiger partial charge is 0.307 e. The van der Waals surface area contributed by atoms with E-state index < -0.39 is 8.07 Å². The van der Waals surface area contributed by atoms with Crippen molar-refractivity contribution < 1.29 is 0 Å². The summed E-state index contributed by atoms with van der Waals surface area (Å²) in [5.74, 6) is 0. The number of hydrogen-bond donors (Lipinski definition) is 0. The number of allylic oxidation sites excluding steroid dienone is 1. The van der Waals surface area contributed by atoms with E-state index in [1.54, 1.807) is 0 Å². The van der Waals surface area contributed by atoms with Gasteiger partial charge in [-0.25, -0.2) is 0 Å². The minimum atomic E-state index is -0.987. The van der Waals surface area contributed by atoms with E-state index in [4.69, 9.17) is 0 Å². The van der Waals surface area contributed by atoms with Gasteiger partial charge in [0.25, 0.3) is 0 Å². The maximum Gasteiger partial charge on any atom is 0.0526 e. The zero-order chi connectivity index (χ0) is 10.5. The van der Waals surface area contributed by atoms with E-state index in [2.05, 4.69) is 45.5 Å². The Labute approximate surface area is 84.8 Å². The summed E-state index contributed by atoms with van der Waals surface area (Å²) in [6, 6.07) is 2.68. The summed E-state index contributed by atoms with van der Waals surface area (Å²) in [6.45, 7) is 15.7. The summed E-state index contributed by atoms with van der Waals surface area (Å²) < 4.78 is 0. The average Bonchev–Trinajstić information content (AvgIpc) is 1.98. The lowest BCUT2D eigenvalue weighted by Crippen LogP contribution is -2.31. The molecule has 0 fully saturated rings. The molecule has 0 aliphatic carbocycles. The van der Waals surface area contributed by atoms with Crippen molar-refractivity contribution in [3.63, 3.8) is 0 Å².